The number of aromatic nitrogens is 1. The first kappa shape index (κ1) is 19.6. The van der Waals surface area contributed by atoms with Crippen LogP contribution in [0.2, 0.25) is 0 Å². The molecule has 0 atom stereocenters. The van der Waals surface area contributed by atoms with Crippen molar-refractivity contribution in [2.24, 2.45) is 0 Å². The van der Waals surface area contributed by atoms with Crippen LogP contribution in [0.5, 0.6) is 0 Å². The van der Waals surface area contributed by atoms with Crippen molar-refractivity contribution < 1.29 is 13.2 Å². The van der Waals surface area contributed by atoms with Gasteiger partial charge in [0.2, 0.25) is 0 Å². The molecule has 0 saturated heterocycles. The molecule has 3 aromatic rings. The number of sulfonamides is 1. The molecule has 144 valence electrons. The summed E-state index contributed by atoms with van der Waals surface area (Å²) in [5.41, 5.74) is 1.95. The molecule has 0 spiro atoms. The number of carbonyl (C=O) groups is 1. The van der Waals surface area contributed by atoms with Gasteiger partial charge in [-0.3, -0.25) is 14.5 Å². The van der Waals surface area contributed by atoms with Crippen LogP contribution in [0.1, 0.15) is 28.4 Å². The van der Waals surface area contributed by atoms with E-state index in [9.17, 15) is 13.2 Å². The van der Waals surface area contributed by atoms with E-state index in [2.05, 4.69) is 15.0 Å². The van der Waals surface area contributed by atoms with Crippen LogP contribution in [0.25, 0.3) is 0 Å². The molecule has 0 saturated carbocycles. The van der Waals surface area contributed by atoms with Gasteiger partial charge in [-0.15, -0.1) is 0 Å². The van der Waals surface area contributed by atoms with Gasteiger partial charge in [-0.2, -0.15) is 0 Å². The molecular weight excluding hydrogens is 374 g/mol. The molecule has 28 heavy (non-hydrogen) atoms. The van der Waals surface area contributed by atoms with Gasteiger partial charge >= 0.3 is 0 Å². The maximum Gasteiger partial charge on any atom is 0.263 e. The molecule has 0 aliphatic heterocycles. The van der Waals surface area contributed by atoms with E-state index in [1.165, 1.54) is 12.3 Å². The van der Waals surface area contributed by atoms with Crippen LogP contribution in [0, 0.1) is 0 Å². The first-order chi connectivity index (χ1) is 13.5. The van der Waals surface area contributed by atoms with Crippen LogP contribution in [-0.4, -0.2) is 25.9 Å². The summed E-state index contributed by atoms with van der Waals surface area (Å²) in [4.78, 5) is 16.5. The number of rotatable bonds is 7. The van der Waals surface area contributed by atoms with Crippen LogP contribution in [0.3, 0.4) is 0 Å². The molecule has 1 heterocycles. The van der Waals surface area contributed by atoms with Gasteiger partial charge in [-0.05, 0) is 42.7 Å². The van der Waals surface area contributed by atoms with Crippen molar-refractivity contribution in [3.63, 3.8) is 0 Å². The highest BCUT2D eigenvalue weighted by molar-refractivity contribution is 7.92. The molecule has 3 rings (SSSR count). The second-order valence-corrected chi connectivity index (χ2v) is 7.78. The van der Waals surface area contributed by atoms with E-state index in [0.29, 0.717) is 24.2 Å². The summed E-state index contributed by atoms with van der Waals surface area (Å²) in [6, 6.07) is 17.7. The molecule has 0 unspecified atom stereocenters. The van der Waals surface area contributed by atoms with Crippen molar-refractivity contribution >= 4 is 21.6 Å². The molecule has 2 N–H and O–H groups in total. The lowest BCUT2D eigenvalue weighted by molar-refractivity contribution is 0.0952. The average molecular weight is 395 g/mol. The van der Waals surface area contributed by atoms with Crippen LogP contribution in [0.4, 0.5) is 5.69 Å². The minimum absolute atomic E-state index is 0.0198. The highest BCUT2D eigenvalue weighted by Crippen LogP contribution is 2.26. The third-order valence-electron chi connectivity index (χ3n) is 4.10. The Bertz CT molecular complexity index is 1050. The van der Waals surface area contributed by atoms with Gasteiger partial charge in [0, 0.05) is 12.7 Å². The standard InChI is InChI=1S/C21H21N3O3S/c1-2-23-21(25)19-12-6-10-17(14-16-8-4-3-5-9-16)20(19)28(26,27)24-18-11-7-13-22-15-18/h3-13,15,24H,2,14H2,1H3,(H,23,25). The predicted octanol–water partition coefficient (Wildman–Crippen LogP) is 3.22. The van der Waals surface area contributed by atoms with E-state index in [1.54, 1.807) is 37.4 Å². The normalized spacial score (nSPS) is 11.0. The lowest BCUT2D eigenvalue weighted by Crippen LogP contribution is -2.27. The van der Waals surface area contributed by atoms with Crippen molar-refractivity contribution in [1.29, 1.82) is 0 Å². The fourth-order valence-corrected chi connectivity index (χ4v) is 4.39. The summed E-state index contributed by atoms with van der Waals surface area (Å²) in [7, 11) is -4.01. The predicted molar refractivity (Wildman–Crippen MR) is 109 cm³/mol. The van der Waals surface area contributed by atoms with Gasteiger partial charge < -0.3 is 5.32 Å². The average Bonchev–Trinajstić information content (AvgIpc) is 2.69. The smallest absolute Gasteiger partial charge is 0.263 e. The Kier molecular flexibility index (Phi) is 6.06. The number of carbonyl (C=O) groups excluding carboxylic acids is 1. The fraction of sp³-hybridized carbons (Fsp3) is 0.143. The summed E-state index contributed by atoms with van der Waals surface area (Å²) in [6.45, 7) is 2.19. The molecule has 0 radical (unpaired) electrons. The molecule has 7 heteroatoms. The van der Waals surface area contributed by atoms with E-state index in [-0.39, 0.29) is 10.5 Å². The van der Waals surface area contributed by atoms with Crippen molar-refractivity contribution in [3.8, 4) is 0 Å². The van der Waals surface area contributed by atoms with E-state index in [0.717, 1.165) is 5.56 Å². The minimum atomic E-state index is -4.01. The van der Waals surface area contributed by atoms with Crippen LogP contribution < -0.4 is 10.0 Å². The van der Waals surface area contributed by atoms with Crippen LogP contribution >= 0.6 is 0 Å². The Hall–Kier alpha value is -3.19. The lowest BCUT2D eigenvalue weighted by atomic mass is 10.0. The number of amides is 1. The molecule has 0 fully saturated rings. The zero-order valence-corrected chi connectivity index (χ0v) is 16.2. The van der Waals surface area contributed by atoms with Gasteiger partial charge in [0.05, 0.1) is 17.4 Å². The molecule has 1 amide bonds. The third kappa shape index (κ3) is 4.55. The van der Waals surface area contributed by atoms with Crippen molar-refractivity contribution in [3.05, 3.63) is 89.7 Å². The number of pyridine rings is 1. The Labute approximate surface area is 164 Å². The van der Waals surface area contributed by atoms with Crippen molar-refractivity contribution in [2.75, 3.05) is 11.3 Å². The Morgan fingerprint density at radius 2 is 1.79 bits per heavy atom. The number of anilines is 1. The monoisotopic (exact) mass is 395 g/mol. The first-order valence-electron chi connectivity index (χ1n) is 8.88. The molecular formula is C21H21N3O3S. The SMILES string of the molecule is CCNC(=O)c1cccc(Cc2ccccc2)c1S(=O)(=O)Nc1cccnc1. The molecule has 0 aliphatic rings. The van der Waals surface area contributed by atoms with Crippen molar-refractivity contribution in [2.45, 2.75) is 18.2 Å². The van der Waals surface area contributed by atoms with Gasteiger partial charge in [0.15, 0.2) is 0 Å². The Balaban J connectivity index is 2.10. The maximum atomic E-state index is 13.2. The topological polar surface area (TPSA) is 88.2 Å². The molecule has 0 aliphatic carbocycles. The largest absolute Gasteiger partial charge is 0.352 e. The minimum Gasteiger partial charge on any atom is -0.352 e. The third-order valence-corrected chi connectivity index (χ3v) is 5.62. The van der Waals surface area contributed by atoms with Crippen LogP contribution in [-0.2, 0) is 16.4 Å². The zero-order valence-electron chi connectivity index (χ0n) is 15.4. The zero-order chi connectivity index (χ0) is 20.0. The summed E-state index contributed by atoms with van der Waals surface area (Å²) in [5.74, 6) is -0.427. The molecule has 6 nitrogen and oxygen atoms in total. The van der Waals surface area contributed by atoms with Crippen molar-refractivity contribution in [1.82, 2.24) is 10.3 Å². The second kappa shape index (κ2) is 8.67. The van der Waals surface area contributed by atoms with Gasteiger partial charge in [0.25, 0.3) is 15.9 Å². The number of benzene rings is 2. The summed E-state index contributed by atoms with van der Waals surface area (Å²) < 4.78 is 29.0. The number of hydrogen-bond donors (Lipinski definition) is 2. The first-order valence-corrected chi connectivity index (χ1v) is 10.4. The molecule has 0 bridgehead atoms. The number of hydrogen-bond acceptors (Lipinski definition) is 4. The van der Waals surface area contributed by atoms with Gasteiger partial charge in [0.1, 0.15) is 4.90 Å². The maximum absolute atomic E-state index is 13.2. The van der Waals surface area contributed by atoms with E-state index in [1.807, 2.05) is 30.3 Å². The Morgan fingerprint density at radius 3 is 2.46 bits per heavy atom. The van der Waals surface area contributed by atoms with Gasteiger partial charge in [-0.25, -0.2) is 8.42 Å². The highest BCUT2D eigenvalue weighted by Gasteiger charge is 2.26. The van der Waals surface area contributed by atoms with Gasteiger partial charge in [-0.1, -0.05) is 42.5 Å². The number of nitrogens with one attached hydrogen (secondary N) is 2. The van der Waals surface area contributed by atoms with Crippen LogP contribution in [0.15, 0.2) is 78.0 Å². The van der Waals surface area contributed by atoms with E-state index >= 15 is 0 Å². The summed E-state index contributed by atoms with van der Waals surface area (Å²) >= 11 is 0. The molecule has 1 aromatic heterocycles. The quantitative estimate of drug-likeness (QED) is 0.643. The number of nitrogens with zero attached hydrogens (tertiary/aromatic N) is 1. The summed E-state index contributed by atoms with van der Waals surface area (Å²) in [6.07, 6.45) is 3.36. The van der Waals surface area contributed by atoms with E-state index in [4.69, 9.17) is 0 Å². The lowest BCUT2D eigenvalue weighted by Gasteiger charge is -2.16. The summed E-state index contributed by atoms with van der Waals surface area (Å²) in [5, 5.41) is 2.69. The highest BCUT2D eigenvalue weighted by atomic mass is 32.2. The Morgan fingerprint density at radius 1 is 1.00 bits per heavy atom. The van der Waals surface area contributed by atoms with E-state index < -0.39 is 15.9 Å². The molecule has 2 aromatic carbocycles. The fourth-order valence-electron chi connectivity index (χ4n) is 2.92. The second-order valence-electron chi connectivity index (χ2n) is 6.16.